The zero-order chi connectivity index (χ0) is 99.6. The molecule has 4 fully saturated rings. The molecule has 0 atom stereocenters. The number of carbonyl (C=O) groups excluding carboxylic acids is 5. The number of anilines is 4. The monoisotopic (exact) mass is 2030 g/mol. The molecule has 5 aliphatic rings. The number of hydrogen-bond donors (Lipinski definition) is 1. The average molecular weight is 2040 g/mol. The van der Waals surface area contributed by atoms with E-state index in [1.807, 2.05) is 419 Å². The predicted octanol–water partition coefficient (Wildman–Crippen LogP) is 28.0. The van der Waals surface area contributed by atoms with Gasteiger partial charge < -0.3 is 14.3 Å². The molecule has 0 saturated carbocycles. The highest BCUT2D eigenvalue weighted by molar-refractivity contribution is 8.20. The van der Waals surface area contributed by atoms with Gasteiger partial charge in [-0.25, -0.2) is 29.8 Å². The highest BCUT2D eigenvalue weighted by Gasteiger charge is 2.39. The summed E-state index contributed by atoms with van der Waals surface area (Å²) >= 11 is 10.4. The standard InChI is InChI=1S/C24H18N4OS.C24H16N2O2S.C24H16N2OS2.C23H15N3O3S.C23H18N2OS2/c1-27-21-13-12-17(14-18(21)16-25-27)15-22-23(29)28(20-10-6-3-7-11-20)24(30-22)26-19-8-4-2-5-9-19;2*27-23-22(16-17-11-12-21-18(15-17)13-14-28-21)29-24(25-19-7-3-1-4-8-19)26(23)20-9-5-2-6-10-20;27-21-20(14-15-11-12-18-19(13-15)29-23(28)25-18)30-22(24-16-7-3-1-4-8-16)26(21)17-9-5-2-6-10-17;1-27-20-14-12-17(13-15-20)16-21-22(26)25(19-10-6-3-7-11-19)23(28-21)24-18-8-4-2-5-9-18/h2-16H,1H3;2*1-16H;1-14,27H;2-16H,1H3/b22-15-,26-24?;2*22-16-,25-24?;;21-16-,24-23?. The van der Waals surface area contributed by atoms with Crippen molar-refractivity contribution in [2.75, 3.05) is 25.9 Å². The Morgan fingerprint density at radius 2 is 0.740 bits per heavy atom. The Morgan fingerprint density at radius 1 is 0.363 bits per heavy atom. The lowest BCUT2D eigenvalue weighted by molar-refractivity contribution is -0.114. The summed E-state index contributed by atoms with van der Waals surface area (Å²) in [5.41, 5.74) is 13.9. The number of amidine groups is 4. The van der Waals surface area contributed by atoms with E-state index < -0.39 is 6.09 Å². The fraction of sp³-hybridized carbons (Fsp3) is 0.0169. The number of thiophene rings is 1. The van der Waals surface area contributed by atoms with Crippen LogP contribution in [0.5, 0.6) is 11.6 Å². The highest BCUT2D eigenvalue weighted by Crippen LogP contribution is 2.44. The molecule has 146 heavy (non-hydrogen) atoms. The van der Waals surface area contributed by atoms with Crippen molar-refractivity contribution in [3.63, 3.8) is 0 Å². The van der Waals surface area contributed by atoms with E-state index in [-0.39, 0.29) is 29.5 Å². The van der Waals surface area contributed by atoms with Gasteiger partial charge in [0.2, 0.25) is 5.88 Å². The van der Waals surface area contributed by atoms with E-state index in [4.69, 9.17) is 34.1 Å². The second-order valence-corrected chi connectivity index (χ2v) is 39.5. The Morgan fingerprint density at radius 3 is 1.17 bits per heavy atom. The molecule has 0 unspecified atom stereocenters. The van der Waals surface area contributed by atoms with Gasteiger partial charge in [0.1, 0.15) is 10.9 Å². The number of amides is 5. The Labute approximate surface area is 868 Å². The number of aromatic nitrogens is 3. The first-order valence-corrected chi connectivity index (χ1v) is 52.1. The first kappa shape index (κ1) is 96.4. The molecule has 21 nitrogen and oxygen atoms in total. The molecule has 0 bridgehead atoms. The summed E-state index contributed by atoms with van der Waals surface area (Å²) in [6.45, 7) is 0. The van der Waals surface area contributed by atoms with Crippen molar-refractivity contribution in [3.05, 3.63) is 492 Å². The van der Waals surface area contributed by atoms with Crippen LogP contribution >= 0.6 is 81.5 Å². The molecule has 5 aliphatic heterocycles. The maximum absolute atomic E-state index is 13.3. The molecule has 24 rings (SSSR count). The number of aliphatic imine (C=N–C) groups is 4. The van der Waals surface area contributed by atoms with Crippen LogP contribution in [0.1, 0.15) is 27.1 Å². The zero-order valence-electron chi connectivity index (χ0n) is 77.9. The Hall–Kier alpha value is -17.1. The molecule has 5 amide bonds. The summed E-state index contributed by atoms with van der Waals surface area (Å²) in [6.07, 6.45) is 14.5. The summed E-state index contributed by atoms with van der Waals surface area (Å²) in [5, 5.41) is 24.5. The van der Waals surface area contributed by atoms with E-state index in [2.05, 4.69) is 51.9 Å². The molecule has 28 heteroatoms. The van der Waals surface area contributed by atoms with E-state index in [1.54, 1.807) is 65.7 Å². The van der Waals surface area contributed by atoms with E-state index >= 15 is 0 Å². The van der Waals surface area contributed by atoms with Crippen LogP contribution in [0.15, 0.2) is 489 Å². The Balaban J connectivity index is 0.000000111. The van der Waals surface area contributed by atoms with Crippen molar-refractivity contribution in [2.45, 2.75) is 4.90 Å². The lowest BCUT2D eigenvalue weighted by atomic mass is 10.1. The smallest absolute Gasteiger partial charge is 0.439 e. The molecular formula is C118H83N13O8S7. The van der Waals surface area contributed by atoms with Crippen LogP contribution in [0.2, 0.25) is 0 Å². The van der Waals surface area contributed by atoms with E-state index in [1.165, 1.54) is 73.4 Å². The zero-order valence-corrected chi connectivity index (χ0v) is 83.6. The molecule has 15 aromatic carbocycles. The number of benzene rings is 15. The lowest BCUT2D eigenvalue weighted by Crippen LogP contribution is -2.28. The number of ether oxygens (including phenoxy) is 1. The third kappa shape index (κ3) is 23.0. The number of carbonyl (C=O) groups is 5. The summed E-state index contributed by atoms with van der Waals surface area (Å²) in [6, 6.07) is 132. The van der Waals surface area contributed by atoms with Crippen LogP contribution in [0.3, 0.4) is 0 Å². The van der Waals surface area contributed by atoms with Crippen molar-refractivity contribution in [3.8, 4) is 17.3 Å². The van der Waals surface area contributed by atoms with Crippen molar-refractivity contribution in [1.29, 1.82) is 0 Å². The molecule has 710 valence electrons. The molecule has 9 heterocycles. The number of thioether (sulfide) groups is 5. The van der Waals surface area contributed by atoms with Crippen LogP contribution in [0.4, 0.5) is 56.0 Å². The van der Waals surface area contributed by atoms with Gasteiger partial charge in [-0.3, -0.25) is 48.0 Å². The maximum atomic E-state index is 13.3. The van der Waals surface area contributed by atoms with Crippen LogP contribution in [-0.4, -0.2) is 76.1 Å². The Kier molecular flexibility index (Phi) is 30.0. The van der Waals surface area contributed by atoms with E-state index in [0.717, 1.165) is 106 Å². The van der Waals surface area contributed by atoms with Crippen molar-refractivity contribution in [1.82, 2.24) is 14.3 Å². The number of furan rings is 1. The number of rotatable bonds is 16. The molecule has 0 aliphatic carbocycles. The van der Waals surface area contributed by atoms with Gasteiger partial charge in [0.25, 0.3) is 23.6 Å². The van der Waals surface area contributed by atoms with Gasteiger partial charge in [-0.2, -0.15) is 10.1 Å². The summed E-state index contributed by atoms with van der Waals surface area (Å²) in [4.78, 5) is 104. The van der Waals surface area contributed by atoms with Gasteiger partial charge in [-0.1, -0.05) is 230 Å². The SMILES string of the molecule is CSc1ccc(/C=C2\SC(=Nc3ccccc3)N(c3ccccc3)C2=O)cc1.Cn1ncc2cc(/C=C3\SC(=Nc4ccccc4)N(c4ccccc4)C3=O)ccc21.O=C1/C(=C/c2ccc3occc3c2)SC(=Nc2ccccc2)N1c1ccccc1.O=C1/C(=C/c2ccc3sccc3c2)SC(=Nc2ccccc2)N1c1ccccc1.O=C1N=c2ccc(=Cc3sc(=Nc4ccccc4)n(-c4ccccc4)c3O)cc2O1. The molecule has 1 N–H and O–H groups in total. The molecule has 0 spiro atoms. The van der Waals surface area contributed by atoms with E-state index in [9.17, 15) is 29.1 Å². The second-order valence-electron chi connectivity index (χ2n) is 32.6. The maximum Gasteiger partial charge on any atom is 0.439 e. The van der Waals surface area contributed by atoms with Crippen LogP contribution < -0.4 is 39.7 Å². The molecule has 4 aromatic heterocycles. The normalized spacial score (nSPS) is 16.3. The number of fused-ring (bicyclic) bond motifs is 4. The third-order valence-electron chi connectivity index (χ3n) is 22.7. The van der Waals surface area contributed by atoms with Crippen LogP contribution in [-0.2, 0) is 26.2 Å². The third-order valence-corrected chi connectivity index (χ3v) is 29.2. The van der Waals surface area contributed by atoms with Gasteiger partial charge in [0.05, 0.1) is 99.3 Å². The number of thiazole rings is 1. The minimum absolute atomic E-state index is 0.0544. The first-order chi connectivity index (χ1) is 71.7. The molecule has 4 saturated heterocycles. The minimum atomic E-state index is -0.619. The van der Waals surface area contributed by atoms with Crippen LogP contribution in [0.25, 0.3) is 68.0 Å². The fourth-order valence-electron chi connectivity index (χ4n) is 15.7. The number of aryl methyl sites for hydroxylation is 1. The number of hydrogen-bond acceptors (Lipinski definition) is 21. The molecule has 19 aromatic rings. The number of para-hydroxylation sites is 10. The van der Waals surface area contributed by atoms with Crippen molar-refractivity contribution < 1.29 is 38.2 Å². The van der Waals surface area contributed by atoms with Gasteiger partial charge in [-0.05, 0) is 316 Å². The predicted molar refractivity (Wildman–Crippen MR) is 603 cm³/mol. The number of aromatic hydroxyl groups is 1. The number of nitrogens with zero attached hydrogens (tertiary/aromatic N) is 13. The fourth-order valence-corrected chi connectivity index (χ4v) is 21.9. The summed E-state index contributed by atoms with van der Waals surface area (Å²) in [7, 11) is 1.92. The Bertz CT molecular complexity index is 8370. The topological polar surface area (TPSA) is 238 Å². The second kappa shape index (κ2) is 45.4. The van der Waals surface area contributed by atoms with Crippen molar-refractivity contribution >= 4 is 245 Å². The molecular weight excluding hydrogens is 1950 g/mol. The highest BCUT2D eigenvalue weighted by atomic mass is 32.2. The lowest BCUT2D eigenvalue weighted by Gasteiger charge is -2.15. The largest absolute Gasteiger partial charge is 0.493 e. The molecule has 0 radical (unpaired) electrons. The summed E-state index contributed by atoms with van der Waals surface area (Å²) < 4.78 is 15.3. The first-order valence-electron chi connectivity index (χ1n) is 45.9. The minimum Gasteiger partial charge on any atom is -0.493 e. The quantitative estimate of drug-likeness (QED) is 0.0699. The summed E-state index contributed by atoms with van der Waals surface area (Å²) in [5.74, 6) is 0.231. The van der Waals surface area contributed by atoms with Gasteiger partial charge >= 0.3 is 6.09 Å². The van der Waals surface area contributed by atoms with Gasteiger partial charge in [0.15, 0.2) is 31.2 Å². The van der Waals surface area contributed by atoms with Crippen LogP contribution in [0, 0.1) is 0 Å². The van der Waals surface area contributed by atoms with Gasteiger partial charge in [-0.15, -0.1) is 23.1 Å². The van der Waals surface area contributed by atoms with Gasteiger partial charge in [0, 0.05) is 27.4 Å². The van der Waals surface area contributed by atoms with E-state index in [0.29, 0.717) is 61.1 Å². The average Bonchev–Trinajstić information content (AvgIpc) is 1.64. The van der Waals surface area contributed by atoms with Crippen molar-refractivity contribution in [2.24, 2.45) is 37.0 Å².